The van der Waals surface area contributed by atoms with Gasteiger partial charge in [-0.1, -0.05) is 12.1 Å². The van der Waals surface area contributed by atoms with Gasteiger partial charge in [-0.15, -0.1) is 0 Å². The molecule has 2 aromatic rings. The summed E-state index contributed by atoms with van der Waals surface area (Å²) in [5, 5.41) is 12.3. The Kier molecular flexibility index (Phi) is 5.97. The van der Waals surface area contributed by atoms with Crippen LogP contribution in [0.5, 0.6) is 0 Å². The Morgan fingerprint density at radius 3 is 2.36 bits per heavy atom. The molecule has 0 atom stereocenters. The second-order valence-electron chi connectivity index (χ2n) is 6.06. The molecule has 25 heavy (non-hydrogen) atoms. The molecule has 1 amide bonds. The fourth-order valence-electron chi connectivity index (χ4n) is 2.70. The largest absolute Gasteiger partial charge is 0.356 e. The van der Waals surface area contributed by atoms with E-state index < -0.39 is 10.0 Å². The lowest BCUT2D eigenvalue weighted by molar-refractivity contribution is -0.121. The molecule has 0 fully saturated rings. The third-order valence-corrected chi connectivity index (χ3v) is 5.18. The molecule has 1 aromatic heterocycles. The zero-order chi connectivity index (χ0) is 18.6. The van der Waals surface area contributed by atoms with E-state index in [1.807, 2.05) is 25.6 Å². The molecule has 0 saturated heterocycles. The number of primary sulfonamides is 1. The van der Waals surface area contributed by atoms with Crippen molar-refractivity contribution in [1.82, 2.24) is 15.1 Å². The first-order chi connectivity index (χ1) is 11.7. The van der Waals surface area contributed by atoms with Crippen LogP contribution in [0.4, 0.5) is 0 Å². The monoisotopic (exact) mass is 364 g/mol. The topological polar surface area (TPSA) is 107 Å². The first-order valence-corrected chi connectivity index (χ1v) is 9.60. The van der Waals surface area contributed by atoms with E-state index in [0.717, 1.165) is 22.5 Å². The lowest BCUT2D eigenvalue weighted by Gasteiger charge is -2.07. The summed E-state index contributed by atoms with van der Waals surface area (Å²) in [7, 11) is -1.77. The van der Waals surface area contributed by atoms with Crippen LogP contribution in [0.25, 0.3) is 0 Å². The maximum atomic E-state index is 12.0. The van der Waals surface area contributed by atoms with Crippen LogP contribution < -0.4 is 10.5 Å². The summed E-state index contributed by atoms with van der Waals surface area (Å²) in [6.45, 7) is 4.45. The third-order valence-electron chi connectivity index (χ3n) is 4.25. The van der Waals surface area contributed by atoms with Gasteiger partial charge in [0.2, 0.25) is 15.9 Å². The molecule has 1 aromatic carbocycles. The van der Waals surface area contributed by atoms with E-state index in [1.165, 1.54) is 12.1 Å². The van der Waals surface area contributed by atoms with Gasteiger partial charge >= 0.3 is 0 Å². The highest BCUT2D eigenvalue weighted by Crippen LogP contribution is 2.14. The molecule has 136 valence electrons. The minimum absolute atomic E-state index is 0.0104. The van der Waals surface area contributed by atoms with Gasteiger partial charge in [0.1, 0.15) is 0 Å². The van der Waals surface area contributed by atoms with Crippen LogP contribution in [0.2, 0.25) is 0 Å². The molecule has 0 saturated carbocycles. The number of nitrogens with one attached hydrogen (secondary N) is 1. The van der Waals surface area contributed by atoms with Crippen LogP contribution in [0.1, 0.15) is 28.9 Å². The number of sulfonamides is 1. The van der Waals surface area contributed by atoms with E-state index in [2.05, 4.69) is 10.4 Å². The van der Waals surface area contributed by atoms with Crippen LogP contribution >= 0.6 is 0 Å². The molecule has 0 aliphatic rings. The van der Waals surface area contributed by atoms with E-state index in [9.17, 15) is 13.2 Å². The molecular formula is C17H24N4O3S. The first kappa shape index (κ1) is 19.1. The average Bonchev–Trinajstić information content (AvgIpc) is 2.78. The van der Waals surface area contributed by atoms with Crippen molar-refractivity contribution < 1.29 is 13.2 Å². The first-order valence-electron chi connectivity index (χ1n) is 8.06. The second kappa shape index (κ2) is 7.79. The predicted octanol–water partition coefficient (Wildman–Crippen LogP) is 0.976. The quantitative estimate of drug-likeness (QED) is 0.763. The van der Waals surface area contributed by atoms with Gasteiger partial charge in [-0.25, -0.2) is 13.6 Å². The molecule has 0 spiro atoms. The van der Waals surface area contributed by atoms with Crippen molar-refractivity contribution in [3.8, 4) is 0 Å². The molecule has 0 aliphatic carbocycles. The number of hydrogen-bond acceptors (Lipinski definition) is 4. The van der Waals surface area contributed by atoms with E-state index in [1.54, 1.807) is 12.1 Å². The zero-order valence-electron chi connectivity index (χ0n) is 14.7. The van der Waals surface area contributed by atoms with Crippen molar-refractivity contribution in [2.45, 2.75) is 38.0 Å². The van der Waals surface area contributed by atoms with E-state index in [0.29, 0.717) is 25.8 Å². The number of hydrogen-bond donors (Lipinski definition) is 2. The highest BCUT2D eigenvalue weighted by atomic mass is 32.2. The molecular weight excluding hydrogens is 340 g/mol. The smallest absolute Gasteiger partial charge is 0.238 e. The molecule has 0 unspecified atom stereocenters. The van der Waals surface area contributed by atoms with Gasteiger partial charge in [0.05, 0.1) is 10.6 Å². The van der Waals surface area contributed by atoms with Crippen molar-refractivity contribution in [3.63, 3.8) is 0 Å². The van der Waals surface area contributed by atoms with Gasteiger partial charge in [-0.3, -0.25) is 9.48 Å². The number of nitrogens with two attached hydrogens (primary N) is 1. The molecule has 3 N–H and O–H groups in total. The number of benzene rings is 1. The zero-order valence-corrected chi connectivity index (χ0v) is 15.6. The Balaban J connectivity index is 1.79. The van der Waals surface area contributed by atoms with E-state index in [4.69, 9.17) is 5.14 Å². The summed E-state index contributed by atoms with van der Waals surface area (Å²) in [6.07, 6.45) is 1.71. The predicted molar refractivity (Wildman–Crippen MR) is 95.5 cm³/mol. The highest BCUT2D eigenvalue weighted by Gasteiger charge is 2.11. The van der Waals surface area contributed by atoms with Gasteiger partial charge in [0.25, 0.3) is 0 Å². The van der Waals surface area contributed by atoms with Crippen molar-refractivity contribution in [1.29, 1.82) is 0 Å². The summed E-state index contributed by atoms with van der Waals surface area (Å²) in [5.74, 6) is -0.0104. The fraction of sp³-hybridized carbons (Fsp3) is 0.412. The Labute approximate surface area is 148 Å². The Morgan fingerprint density at radius 2 is 1.84 bits per heavy atom. The molecule has 2 rings (SSSR count). The van der Waals surface area contributed by atoms with Crippen molar-refractivity contribution in [3.05, 3.63) is 46.8 Å². The number of nitrogens with zero attached hydrogens (tertiary/aromatic N) is 2. The summed E-state index contributed by atoms with van der Waals surface area (Å²) in [6, 6.07) is 6.35. The number of aryl methyl sites for hydroxylation is 2. The lowest BCUT2D eigenvalue weighted by atomic mass is 10.1. The standard InChI is InChI=1S/C17H24N4O3S/c1-12-16(13(2)21(3)20-12)8-9-17(22)19-11-10-14-4-6-15(7-5-14)25(18,23)24/h4-7H,8-11H2,1-3H3,(H,19,22)(H2,18,23,24). The molecule has 1 heterocycles. The van der Waals surface area contributed by atoms with Gasteiger partial charge in [0.15, 0.2) is 0 Å². The highest BCUT2D eigenvalue weighted by molar-refractivity contribution is 7.89. The number of aromatic nitrogens is 2. The van der Waals surface area contributed by atoms with Crippen LogP contribution in [-0.4, -0.2) is 30.7 Å². The van der Waals surface area contributed by atoms with Gasteiger partial charge < -0.3 is 5.32 Å². The van der Waals surface area contributed by atoms with Gasteiger partial charge in [-0.05, 0) is 49.9 Å². The summed E-state index contributed by atoms with van der Waals surface area (Å²) in [4.78, 5) is 12.1. The average molecular weight is 364 g/mol. The summed E-state index contributed by atoms with van der Waals surface area (Å²) < 4.78 is 24.2. The lowest BCUT2D eigenvalue weighted by Crippen LogP contribution is -2.26. The molecule has 7 nitrogen and oxygen atoms in total. The van der Waals surface area contributed by atoms with Crippen LogP contribution in [0.3, 0.4) is 0 Å². The summed E-state index contributed by atoms with van der Waals surface area (Å²) >= 11 is 0. The third kappa shape index (κ3) is 5.14. The number of carbonyl (C=O) groups is 1. The molecule has 0 aliphatic heterocycles. The van der Waals surface area contributed by atoms with Gasteiger partial charge in [0, 0.05) is 25.7 Å². The van der Waals surface area contributed by atoms with Crippen LogP contribution in [0.15, 0.2) is 29.2 Å². The van der Waals surface area contributed by atoms with E-state index >= 15 is 0 Å². The maximum absolute atomic E-state index is 12.0. The Morgan fingerprint density at radius 1 is 1.20 bits per heavy atom. The second-order valence-corrected chi connectivity index (χ2v) is 7.62. The SMILES string of the molecule is Cc1nn(C)c(C)c1CCC(=O)NCCc1ccc(S(N)(=O)=O)cc1. The summed E-state index contributed by atoms with van der Waals surface area (Å²) in [5.41, 5.74) is 4.10. The molecule has 0 radical (unpaired) electrons. The van der Waals surface area contributed by atoms with Crippen molar-refractivity contribution in [2.24, 2.45) is 12.2 Å². The Bertz CT molecular complexity index is 855. The maximum Gasteiger partial charge on any atom is 0.238 e. The minimum atomic E-state index is -3.67. The van der Waals surface area contributed by atoms with Crippen molar-refractivity contribution in [2.75, 3.05) is 6.54 Å². The number of rotatable bonds is 7. The molecule has 8 heteroatoms. The van der Waals surface area contributed by atoms with E-state index in [-0.39, 0.29) is 10.8 Å². The fourth-order valence-corrected chi connectivity index (χ4v) is 3.21. The molecule has 0 bridgehead atoms. The minimum Gasteiger partial charge on any atom is -0.356 e. The van der Waals surface area contributed by atoms with Crippen LogP contribution in [-0.2, 0) is 34.7 Å². The Hall–Kier alpha value is -2.19. The van der Waals surface area contributed by atoms with Crippen molar-refractivity contribution >= 4 is 15.9 Å². The normalized spacial score (nSPS) is 11.5. The number of amides is 1. The number of carbonyl (C=O) groups excluding carboxylic acids is 1. The van der Waals surface area contributed by atoms with Crippen LogP contribution in [0, 0.1) is 13.8 Å². The van der Waals surface area contributed by atoms with Gasteiger partial charge in [-0.2, -0.15) is 5.10 Å².